The number of ether oxygens (including phenoxy) is 1. The maximum Gasteiger partial charge on any atom is 0.309 e. The van der Waals surface area contributed by atoms with Crippen LogP contribution in [0.2, 0.25) is 0 Å². The molecule has 0 amide bonds. The molecule has 1 N–H and O–H groups in total. The van der Waals surface area contributed by atoms with Crippen molar-refractivity contribution in [2.24, 2.45) is 5.92 Å². The van der Waals surface area contributed by atoms with E-state index in [0.717, 1.165) is 5.56 Å². The van der Waals surface area contributed by atoms with Crippen LogP contribution in [0.3, 0.4) is 0 Å². The third-order valence-electron chi connectivity index (χ3n) is 3.70. The summed E-state index contributed by atoms with van der Waals surface area (Å²) in [5, 5.41) is 9.16. The van der Waals surface area contributed by atoms with Gasteiger partial charge in [-0.3, -0.25) is 4.79 Å². The van der Waals surface area contributed by atoms with Gasteiger partial charge in [0.15, 0.2) is 0 Å². The average molecular weight is 232 g/mol. The lowest BCUT2D eigenvalue weighted by atomic mass is 9.94. The molecule has 17 heavy (non-hydrogen) atoms. The molecule has 1 saturated heterocycles. The first kappa shape index (κ1) is 10.8. The van der Waals surface area contributed by atoms with Crippen molar-refractivity contribution in [2.45, 2.75) is 31.3 Å². The fourth-order valence-corrected chi connectivity index (χ4v) is 2.58. The predicted molar refractivity (Wildman–Crippen MR) is 62.9 cm³/mol. The van der Waals surface area contributed by atoms with E-state index in [9.17, 15) is 4.79 Å². The lowest BCUT2D eigenvalue weighted by Crippen LogP contribution is -2.17. The maximum atomic E-state index is 11.1. The van der Waals surface area contributed by atoms with Crippen LogP contribution >= 0.6 is 0 Å². The molecule has 1 aliphatic heterocycles. The first-order chi connectivity index (χ1) is 8.25. The highest BCUT2D eigenvalue weighted by molar-refractivity contribution is 5.71. The fraction of sp³-hybridized carbons (Fsp3) is 0.500. The van der Waals surface area contributed by atoms with E-state index in [1.54, 1.807) is 0 Å². The summed E-state index contributed by atoms with van der Waals surface area (Å²) >= 11 is 0. The molecule has 1 heterocycles. The molecular formula is C14H16O3. The van der Waals surface area contributed by atoms with Crippen molar-refractivity contribution in [1.82, 2.24) is 0 Å². The first-order valence-electron chi connectivity index (χ1n) is 6.20. The quantitative estimate of drug-likeness (QED) is 0.871. The van der Waals surface area contributed by atoms with Crippen molar-refractivity contribution in [3.05, 3.63) is 35.4 Å². The lowest BCUT2D eigenvalue weighted by molar-refractivity contribution is -0.143. The Kier molecular flexibility index (Phi) is 2.63. The van der Waals surface area contributed by atoms with Crippen LogP contribution in [0.15, 0.2) is 24.3 Å². The summed E-state index contributed by atoms with van der Waals surface area (Å²) in [5.74, 6) is -0.437. The van der Waals surface area contributed by atoms with Gasteiger partial charge in [0.1, 0.15) is 0 Å². The van der Waals surface area contributed by atoms with Crippen LogP contribution in [0.25, 0.3) is 0 Å². The van der Waals surface area contributed by atoms with Crippen LogP contribution in [0.5, 0.6) is 0 Å². The molecule has 3 rings (SSSR count). The van der Waals surface area contributed by atoms with Crippen molar-refractivity contribution in [1.29, 1.82) is 0 Å². The summed E-state index contributed by atoms with van der Waals surface area (Å²) in [5.41, 5.74) is 2.36. The van der Waals surface area contributed by atoms with Crippen LogP contribution in [-0.4, -0.2) is 17.7 Å². The summed E-state index contributed by atoms with van der Waals surface area (Å²) in [6.45, 7) is 0.551. The van der Waals surface area contributed by atoms with Gasteiger partial charge in [-0.15, -0.1) is 0 Å². The summed E-state index contributed by atoms with van der Waals surface area (Å²) < 4.78 is 5.59. The number of carboxylic acids is 1. The average Bonchev–Trinajstić information content (AvgIpc) is 3.06. The van der Waals surface area contributed by atoms with Crippen molar-refractivity contribution >= 4 is 5.97 Å². The molecule has 0 aromatic heterocycles. The zero-order chi connectivity index (χ0) is 11.8. The SMILES string of the molecule is O=C(O)C1CCOC1c1cccc(C2CC2)c1. The summed E-state index contributed by atoms with van der Waals surface area (Å²) in [6.07, 6.45) is 2.88. The van der Waals surface area contributed by atoms with Crippen LogP contribution in [0, 0.1) is 5.92 Å². The molecule has 1 aliphatic carbocycles. The molecule has 1 aromatic rings. The maximum absolute atomic E-state index is 11.1. The van der Waals surface area contributed by atoms with Crippen LogP contribution in [-0.2, 0) is 9.53 Å². The molecule has 2 atom stereocenters. The molecule has 0 radical (unpaired) electrons. The number of rotatable bonds is 3. The molecule has 3 nitrogen and oxygen atoms in total. The van der Waals surface area contributed by atoms with E-state index in [-0.39, 0.29) is 12.0 Å². The standard InChI is InChI=1S/C14H16O3/c15-14(16)12-6-7-17-13(12)11-3-1-2-10(8-11)9-4-5-9/h1-3,8-9,12-13H,4-7H2,(H,15,16). The van der Waals surface area contributed by atoms with Crippen molar-refractivity contribution < 1.29 is 14.6 Å². The Morgan fingerprint density at radius 1 is 1.24 bits per heavy atom. The van der Waals surface area contributed by atoms with Crippen LogP contribution in [0.1, 0.15) is 42.4 Å². The van der Waals surface area contributed by atoms with Gasteiger partial charge in [0.25, 0.3) is 0 Å². The van der Waals surface area contributed by atoms with Gasteiger partial charge in [0.2, 0.25) is 0 Å². The van der Waals surface area contributed by atoms with E-state index in [2.05, 4.69) is 12.1 Å². The van der Waals surface area contributed by atoms with E-state index in [4.69, 9.17) is 9.84 Å². The Morgan fingerprint density at radius 2 is 2.00 bits per heavy atom. The number of hydrogen-bond donors (Lipinski definition) is 1. The second kappa shape index (κ2) is 4.15. The Bertz CT molecular complexity index is 437. The molecule has 90 valence electrons. The molecule has 1 aromatic carbocycles. The number of hydrogen-bond acceptors (Lipinski definition) is 2. The Balaban J connectivity index is 1.87. The van der Waals surface area contributed by atoms with Gasteiger partial charge in [-0.25, -0.2) is 0 Å². The zero-order valence-electron chi connectivity index (χ0n) is 9.63. The minimum Gasteiger partial charge on any atom is -0.481 e. The highest BCUT2D eigenvalue weighted by atomic mass is 16.5. The van der Waals surface area contributed by atoms with Gasteiger partial charge in [-0.2, -0.15) is 0 Å². The van der Waals surface area contributed by atoms with Crippen molar-refractivity contribution in [3.63, 3.8) is 0 Å². The zero-order valence-corrected chi connectivity index (χ0v) is 9.63. The molecule has 1 saturated carbocycles. The Labute approximate surface area is 100 Å². The first-order valence-corrected chi connectivity index (χ1v) is 6.20. The van der Waals surface area contributed by atoms with Crippen molar-refractivity contribution in [2.75, 3.05) is 6.61 Å². The van der Waals surface area contributed by atoms with E-state index in [1.165, 1.54) is 18.4 Å². The molecule has 0 spiro atoms. The van der Waals surface area contributed by atoms with Gasteiger partial charge >= 0.3 is 5.97 Å². The van der Waals surface area contributed by atoms with Gasteiger partial charge in [-0.1, -0.05) is 24.3 Å². The van der Waals surface area contributed by atoms with Gasteiger partial charge < -0.3 is 9.84 Å². The fourth-order valence-electron chi connectivity index (χ4n) is 2.58. The smallest absolute Gasteiger partial charge is 0.309 e. The number of benzene rings is 1. The number of aliphatic carboxylic acids is 1. The monoisotopic (exact) mass is 232 g/mol. The molecule has 3 heteroatoms. The van der Waals surface area contributed by atoms with Gasteiger partial charge in [-0.05, 0) is 36.3 Å². The molecule has 2 aliphatic rings. The minimum absolute atomic E-state index is 0.258. The lowest BCUT2D eigenvalue weighted by Gasteiger charge is -2.16. The third-order valence-corrected chi connectivity index (χ3v) is 3.70. The molecule has 0 bridgehead atoms. The Morgan fingerprint density at radius 3 is 2.71 bits per heavy atom. The molecular weight excluding hydrogens is 216 g/mol. The summed E-state index contributed by atoms with van der Waals surface area (Å²) in [6, 6.07) is 8.26. The molecule has 2 fully saturated rings. The van der Waals surface area contributed by atoms with Gasteiger partial charge in [0, 0.05) is 6.61 Å². The third kappa shape index (κ3) is 2.07. The molecule has 2 unspecified atom stereocenters. The van der Waals surface area contributed by atoms with Crippen LogP contribution in [0.4, 0.5) is 0 Å². The van der Waals surface area contributed by atoms with E-state index in [1.807, 2.05) is 12.1 Å². The number of carbonyl (C=O) groups is 1. The van der Waals surface area contributed by atoms with Crippen LogP contribution < -0.4 is 0 Å². The predicted octanol–water partition coefficient (Wildman–Crippen LogP) is 2.73. The van der Waals surface area contributed by atoms with Crippen molar-refractivity contribution in [3.8, 4) is 0 Å². The highest BCUT2D eigenvalue weighted by Crippen LogP contribution is 2.42. The topological polar surface area (TPSA) is 46.5 Å². The second-order valence-electron chi connectivity index (χ2n) is 4.97. The Hall–Kier alpha value is -1.35. The van der Waals surface area contributed by atoms with E-state index < -0.39 is 5.97 Å². The van der Waals surface area contributed by atoms with E-state index in [0.29, 0.717) is 18.9 Å². The second-order valence-corrected chi connectivity index (χ2v) is 4.97. The highest BCUT2D eigenvalue weighted by Gasteiger charge is 2.35. The summed E-state index contributed by atoms with van der Waals surface area (Å²) in [4.78, 5) is 11.1. The minimum atomic E-state index is -0.746. The summed E-state index contributed by atoms with van der Waals surface area (Å²) in [7, 11) is 0. The normalized spacial score (nSPS) is 28.2. The van der Waals surface area contributed by atoms with E-state index >= 15 is 0 Å². The number of carboxylic acid groups (broad SMARTS) is 1. The largest absolute Gasteiger partial charge is 0.481 e. The van der Waals surface area contributed by atoms with Gasteiger partial charge in [0.05, 0.1) is 12.0 Å².